The lowest BCUT2D eigenvalue weighted by molar-refractivity contribution is 0.0664. The highest BCUT2D eigenvalue weighted by Gasteiger charge is 2.22. The zero-order valence-electron chi connectivity index (χ0n) is 19.4. The molecule has 1 saturated heterocycles. The van der Waals surface area contributed by atoms with Crippen molar-refractivity contribution in [3.63, 3.8) is 0 Å². The molecule has 1 fully saturated rings. The van der Waals surface area contributed by atoms with Crippen LogP contribution >= 0.6 is 0 Å². The Morgan fingerprint density at radius 3 is 2.51 bits per heavy atom. The van der Waals surface area contributed by atoms with Crippen LogP contribution in [0.4, 0.5) is 0 Å². The first-order valence-electron chi connectivity index (χ1n) is 11.7. The summed E-state index contributed by atoms with van der Waals surface area (Å²) in [6.07, 6.45) is 1.80. The van der Waals surface area contributed by atoms with Crippen LogP contribution in [0.15, 0.2) is 66.9 Å². The maximum atomic E-state index is 13.2. The molecular formula is C28H25N5O2. The van der Waals surface area contributed by atoms with Gasteiger partial charge in [0.1, 0.15) is 0 Å². The highest BCUT2D eigenvalue weighted by molar-refractivity contribution is 6.21. The molecule has 3 N–H and O–H groups in total. The number of hydrogen-bond donors (Lipinski definition) is 2. The summed E-state index contributed by atoms with van der Waals surface area (Å²) in [5, 5.41) is 2.87. The average molecular weight is 464 g/mol. The van der Waals surface area contributed by atoms with E-state index in [1.807, 2.05) is 59.5 Å². The molecular weight excluding hydrogens is 438 g/mol. The summed E-state index contributed by atoms with van der Waals surface area (Å²) < 4.78 is 0. The Hall–Kier alpha value is -4.23. The van der Waals surface area contributed by atoms with Crippen LogP contribution in [0.25, 0.3) is 43.8 Å². The second-order valence-electron chi connectivity index (χ2n) is 9.13. The van der Waals surface area contributed by atoms with Gasteiger partial charge in [-0.25, -0.2) is 0 Å². The fraction of sp³-hybridized carbons (Fsp3) is 0.179. The van der Waals surface area contributed by atoms with Crippen LogP contribution in [0, 0.1) is 0 Å². The van der Waals surface area contributed by atoms with Crippen molar-refractivity contribution >= 4 is 44.5 Å². The van der Waals surface area contributed by atoms with Crippen LogP contribution in [-0.4, -0.2) is 64.8 Å². The molecule has 0 spiro atoms. The molecule has 5 aromatic rings. The largest absolute Gasteiger partial charge is 0.366 e. The van der Waals surface area contributed by atoms with Crippen LogP contribution in [0.2, 0.25) is 0 Å². The number of carbonyl (C=O) groups is 2. The molecule has 7 heteroatoms. The predicted octanol–water partition coefficient (Wildman–Crippen LogP) is 4.02. The summed E-state index contributed by atoms with van der Waals surface area (Å²) in [7, 11) is 2.07. The number of nitrogens with one attached hydrogen (secondary N) is 1. The van der Waals surface area contributed by atoms with Crippen LogP contribution in [0.5, 0.6) is 0 Å². The molecule has 35 heavy (non-hydrogen) atoms. The normalized spacial score (nSPS) is 14.7. The summed E-state index contributed by atoms with van der Waals surface area (Å²) in [5.74, 6) is -0.476. The van der Waals surface area contributed by atoms with E-state index in [1.54, 1.807) is 12.3 Å². The zero-order valence-corrected chi connectivity index (χ0v) is 19.4. The molecule has 0 saturated carbocycles. The molecule has 6 rings (SSSR count). The topological polar surface area (TPSA) is 95.3 Å². The van der Waals surface area contributed by atoms with Gasteiger partial charge in [0.05, 0.1) is 16.6 Å². The van der Waals surface area contributed by atoms with Crippen molar-refractivity contribution in [2.24, 2.45) is 5.73 Å². The number of pyridine rings is 1. The van der Waals surface area contributed by atoms with Gasteiger partial charge >= 0.3 is 0 Å². The number of para-hydroxylation sites is 1. The van der Waals surface area contributed by atoms with E-state index in [9.17, 15) is 9.59 Å². The number of piperazine rings is 1. The highest BCUT2D eigenvalue weighted by Crippen LogP contribution is 2.39. The summed E-state index contributed by atoms with van der Waals surface area (Å²) in [5.41, 5.74) is 11.2. The fourth-order valence-electron chi connectivity index (χ4n) is 5.10. The second-order valence-corrected chi connectivity index (χ2v) is 9.13. The van der Waals surface area contributed by atoms with Crippen molar-refractivity contribution in [2.45, 2.75) is 0 Å². The smallest absolute Gasteiger partial charge is 0.254 e. The van der Waals surface area contributed by atoms with E-state index >= 15 is 0 Å². The number of fused-ring (bicyclic) bond motifs is 4. The molecule has 0 aliphatic carbocycles. The minimum atomic E-state index is -0.499. The van der Waals surface area contributed by atoms with Crippen molar-refractivity contribution in [2.75, 3.05) is 33.2 Å². The first-order chi connectivity index (χ1) is 17.0. The molecule has 3 aromatic carbocycles. The Morgan fingerprint density at radius 2 is 1.71 bits per heavy atom. The van der Waals surface area contributed by atoms with Crippen LogP contribution in [0.3, 0.4) is 0 Å². The SMILES string of the molecule is CN1CCN(C(=O)c2ccc3c(c2)[nH]c2c(C(N)=O)ccc(-c4ccnc5ccccc45)c23)CC1. The number of aromatic amines is 1. The molecule has 2 aromatic heterocycles. The monoisotopic (exact) mass is 463 g/mol. The van der Waals surface area contributed by atoms with E-state index in [0.29, 0.717) is 29.7 Å². The Bertz CT molecular complexity index is 1620. The number of nitrogens with two attached hydrogens (primary N) is 1. The average Bonchev–Trinajstić information content (AvgIpc) is 3.26. The first-order valence-corrected chi connectivity index (χ1v) is 11.7. The van der Waals surface area contributed by atoms with Crippen LogP contribution in [-0.2, 0) is 0 Å². The predicted molar refractivity (Wildman–Crippen MR) is 138 cm³/mol. The van der Waals surface area contributed by atoms with Gasteiger partial charge in [0.15, 0.2) is 0 Å². The summed E-state index contributed by atoms with van der Waals surface area (Å²) in [4.78, 5) is 37.5. The van der Waals surface area contributed by atoms with Crippen LogP contribution < -0.4 is 5.73 Å². The maximum absolute atomic E-state index is 13.2. The van der Waals surface area contributed by atoms with Gasteiger partial charge in [-0.05, 0) is 48.5 Å². The number of benzene rings is 3. The molecule has 1 aliphatic heterocycles. The van der Waals surface area contributed by atoms with Gasteiger partial charge in [-0.3, -0.25) is 14.6 Å². The van der Waals surface area contributed by atoms with E-state index < -0.39 is 5.91 Å². The number of likely N-dealkylation sites (N-methyl/N-ethyl adjacent to an activating group) is 1. The number of aromatic nitrogens is 2. The minimum Gasteiger partial charge on any atom is -0.366 e. The lowest BCUT2D eigenvalue weighted by Crippen LogP contribution is -2.47. The third kappa shape index (κ3) is 3.52. The number of nitrogens with zero attached hydrogens (tertiary/aromatic N) is 3. The first kappa shape index (κ1) is 21.3. The van der Waals surface area contributed by atoms with Gasteiger partial charge in [0, 0.05) is 59.6 Å². The van der Waals surface area contributed by atoms with E-state index in [1.165, 1.54) is 0 Å². The summed E-state index contributed by atoms with van der Waals surface area (Å²) >= 11 is 0. The maximum Gasteiger partial charge on any atom is 0.254 e. The number of H-pyrrole nitrogens is 1. The van der Waals surface area contributed by atoms with Crippen molar-refractivity contribution in [1.82, 2.24) is 19.8 Å². The Balaban J connectivity index is 1.55. The van der Waals surface area contributed by atoms with E-state index in [0.717, 1.165) is 51.4 Å². The molecule has 0 atom stereocenters. The number of hydrogen-bond acceptors (Lipinski definition) is 4. The lowest BCUT2D eigenvalue weighted by atomic mass is 9.94. The summed E-state index contributed by atoms with van der Waals surface area (Å²) in [6, 6.07) is 19.4. The molecule has 0 radical (unpaired) electrons. The summed E-state index contributed by atoms with van der Waals surface area (Å²) in [6.45, 7) is 3.16. The van der Waals surface area contributed by atoms with E-state index in [4.69, 9.17) is 5.73 Å². The van der Waals surface area contributed by atoms with Crippen molar-refractivity contribution < 1.29 is 9.59 Å². The van der Waals surface area contributed by atoms with Gasteiger partial charge in [-0.15, -0.1) is 0 Å². The van der Waals surface area contributed by atoms with Crippen molar-refractivity contribution in [1.29, 1.82) is 0 Å². The second kappa shape index (κ2) is 8.21. The molecule has 174 valence electrons. The van der Waals surface area contributed by atoms with E-state index in [2.05, 4.69) is 21.9 Å². The minimum absolute atomic E-state index is 0.0223. The van der Waals surface area contributed by atoms with Gasteiger partial charge < -0.3 is 20.5 Å². The van der Waals surface area contributed by atoms with Gasteiger partial charge in [0.2, 0.25) is 0 Å². The Morgan fingerprint density at radius 1 is 0.914 bits per heavy atom. The van der Waals surface area contributed by atoms with Crippen LogP contribution in [0.1, 0.15) is 20.7 Å². The highest BCUT2D eigenvalue weighted by atomic mass is 16.2. The number of primary amides is 1. The third-order valence-electron chi connectivity index (χ3n) is 7.00. The molecule has 2 amide bonds. The van der Waals surface area contributed by atoms with Gasteiger partial charge in [-0.1, -0.05) is 30.3 Å². The van der Waals surface area contributed by atoms with Crippen molar-refractivity contribution in [3.05, 3.63) is 78.0 Å². The van der Waals surface area contributed by atoms with E-state index in [-0.39, 0.29) is 5.91 Å². The molecule has 1 aliphatic rings. The molecule has 7 nitrogen and oxygen atoms in total. The van der Waals surface area contributed by atoms with Gasteiger partial charge in [-0.2, -0.15) is 0 Å². The standard InChI is InChI=1S/C28H25N5O2/c1-32-12-14-33(15-13-32)28(35)17-6-7-21-24(16-17)31-26-22(27(29)34)9-8-20(25(21)26)18-10-11-30-23-5-3-2-4-19(18)23/h2-11,16,31H,12-15H2,1H3,(H2,29,34). The molecule has 0 bridgehead atoms. The Kier molecular flexibility index (Phi) is 5.00. The Labute approximate surface area is 202 Å². The number of carbonyl (C=O) groups excluding carboxylic acids is 2. The molecule has 3 heterocycles. The zero-order chi connectivity index (χ0) is 24.1. The third-order valence-corrected chi connectivity index (χ3v) is 7.00. The number of rotatable bonds is 3. The lowest BCUT2D eigenvalue weighted by Gasteiger charge is -2.32. The van der Waals surface area contributed by atoms with Crippen molar-refractivity contribution in [3.8, 4) is 11.1 Å². The fourth-order valence-corrected chi connectivity index (χ4v) is 5.10. The molecule has 0 unspecified atom stereocenters. The van der Waals surface area contributed by atoms with Gasteiger partial charge in [0.25, 0.3) is 11.8 Å². The quantitative estimate of drug-likeness (QED) is 0.422. The number of amides is 2.